The van der Waals surface area contributed by atoms with Crippen LogP contribution in [0.5, 0.6) is 0 Å². The van der Waals surface area contributed by atoms with Gasteiger partial charge in [-0.3, -0.25) is 24.3 Å². The largest absolute Gasteiger partial charge is 0.481 e. The van der Waals surface area contributed by atoms with Gasteiger partial charge in [-0.15, -0.1) is 0 Å². The van der Waals surface area contributed by atoms with E-state index in [1.807, 2.05) is 0 Å². The van der Waals surface area contributed by atoms with Gasteiger partial charge in [-0.1, -0.05) is 0 Å². The molecule has 8 nitrogen and oxygen atoms in total. The normalized spacial score (nSPS) is 19.2. The molecule has 0 bridgehead atoms. The molecule has 5 N–H and O–H groups in total. The van der Waals surface area contributed by atoms with Crippen molar-refractivity contribution in [1.82, 2.24) is 9.97 Å². The number of aromatic nitrogens is 2. The molecule has 1 fully saturated rings. The molecule has 2 rings (SSSR count). The molecule has 0 radical (unpaired) electrons. The molecule has 1 aromatic rings. The van der Waals surface area contributed by atoms with Gasteiger partial charge >= 0.3 is 5.97 Å². The van der Waals surface area contributed by atoms with Crippen LogP contribution in [0, 0.1) is 10.7 Å². The van der Waals surface area contributed by atoms with Crippen LogP contribution in [0.3, 0.4) is 0 Å². The van der Waals surface area contributed by atoms with E-state index in [4.69, 9.17) is 23.1 Å². The molecule has 1 aliphatic rings. The van der Waals surface area contributed by atoms with Crippen molar-refractivity contribution in [2.75, 3.05) is 17.2 Å². The Morgan fingerprint density at radius 3 is 2.67 bits per heavy atom. The van der Waals surface area contributed by atoms with Crippen molar-refractivity contribution in [1.29, 1.82) is 0 Å². The van der Waals surface area contributed by atoms with E-state index in [0.29, 0.717) is 0 Å². The molecule has 1 amide bonds. The minimum absolute atomic E-state index is 0.0239. The highest BCUT2D eigenvalue weighted by atomic mass is 32.1. The maximum atomic E-state index is 11.7. The van der Waals surface area contributed by atoms with Gasteiger partial charge in [-0.05, 0) is 12.2 Å². The average Bonchev–Trinajstić information content (AvgIpc) is 2.66. The van der Waals surface area contributed by atoms with Crippen LogP contribution in [0.15, 0.2) is 4.79 Å². The number of amides is 1. The Morgan fingerprint density at radius 2 is 2.11 bits per heavy atom. The number of nitrogens with zero attached hydrogens (tertiary/aromatic N) is 1. The maximum Gasteiger partial charge on any atom is 0.308 e. The Labute approximate surface area is 105 Å². The van der Waals surface area contributed by atoms with Crippen LogP contribution in [0.25, 0.3) is 0 Å². The van der Waals surface area contributed by atoms with E-state index in [1.54, 1.807) is 0 Å². The summed E-state index contributed by atoms with van der Waals surface area (Å²) < 4.78 is 0.0239. The second kappa shape index (κ2) is 4.26. The molecule has 18 heavy (non-hydrogen) atoms. The maximum absolute atomic E-state index is 11.7. The monoisotopic (exact) mass is 270 g/mol. The van der Waals surface area contributed by atoms with Crippen molar-refractivity contribution < 1.29 is 14.7 Å². The number of carboxylic acids is 1. The van der Waals surface area contributed by atoms with E-state index >= 15 is 0 Å². The molecule has 96 valence electrons. The fraction of sp³-hybridized carbons (Fsp3) is 0.333. The Bertz CT molecular complexity index is 634. The summed E-state index contributed by atoms with van der Waals surface area (Å²) in [6.45, 7) is -0.0346. The van der Waals surface area contributed by atoms with Crippen LogP contribution in [-0.4, -0.2) is 33.5 Å². The molecule has 0 saturated carbocycles. The third-order valence-electron chi connectivity index (χ3n) is 2.70. The number of hydrogen-bond acceptors (Lipinski definition) is 5. The predicted molar refractivity (Wildman–Crippen MR) is 64.8 cm³/mol. The highest BCUT2D eigenvalue weighted by molar-refractivity contribution is 7.71. The number of carbonyl (C=O) groups is 2. The summed E-state index contributed by atoms with van der Waals surface area (Å²) in [6, 6.07) is 0. The number of carboxylic acid groups (broad SMARTS) is 1. The number of nitrogen functional groups attached to an aromatic ring is 1. The van der Waals surface area contributed by atoms with Crippen molar-refractivity contribution in [2.24, 2.45) is 5.92 Å². The summed E-state index contributed by atoms with van der Waals surface area (Å²) in [7, 11) is 0. The molecule has 1 atom stereocenters. The zero-order chi connectivity index (χ0) is 13.4. The molecule has 0 spiro atoms. The number of H-pyrrole nitrogens is 2. The third kappa shape index (κ3) is 1.99. The van der Waals surface area contributed by atoms with Crippen LogP contribution < -0.4 is 16.2 Å². The van der Waals surface area contributed by atoms with E-state index in [9.17, 15) is 14.4 Å². The zero-order valence-electron chi connectivity index (χ0n) is 9.10. The van der Waals surface area contributed by atoms with Crippen molar-refractivity contribution in [2.45, 2.75) is 6.42 Å². The number of aliphatic carboxylic acids is 1. The van der Waals surface area contributed by atoms with Gasteiger partial charge < -0.3 is 15.8 Å². The number of carbonyl (C=O) groups excluding carboxylic acids is 1. The third-order valence-corrected chi connectivity index (χ3v) is 2.91. The van der Waals surface area contributed by atoms with Gasteiger partial charge in [0.15, 0.2) is 4.77 Å². The first-order valence-electron chi connectivity index (χ1n) is 5.05. The molecule has 0 aliphatic carbocycles. The summed E-state index contributed by atoms with van der Waals surface area (Å²) in [6.07, 6.45) is -0.123. The Balaban J connectivity index is 2.45. The molecular weight excluding hydrogens is 260 g/mol. The number of hydrogen-bond donors (Lipinski definition) is 4. The first-order chi connectivity index (χ1) is 8.40. The summed E-state index contributed by atoms with van der Waals surface area (Å²) in [5.41, 5.74) is 4.75. The lowest BCUT2D eigenvalue weighted by atomic mass is 10.1. The van der Waals surface area contributed by atoms with Gasteiger partial charge in [0, 0.05) is 13.0 Å². The average molecular weight is 270 g/mol. The highest BCUT2D eigenvalue weighted by Crippen LogP contribution is 2.25. The standard InChI is InChI=1S/C9H10N4O4S/c10-5-6(11-9(18)12-7(5)15)13-2-3(8(16)17)1-4(13)14/h3H,1-2,10H2,(H,16,17)(H2,11,12,15,18). The number of nitrogens with one attached hydrogen (secondary N) is 2. The topological polar surface area (TPSA) is 132 Å². The lowest BCUT2D eigenvalue weighted by Crippen LogP contribution is -2.30. The zero-order valence-corrected chi connectivity index (χ0v) is 9.91. The van der Waals surface area contributed by atoms with Gasteiger partial charge in [0.1, 0.15) is 11.5 Å². The number of anilines is 2. The fourth-order valence-electron chi connectivity index (χ4n) is 1.79. The first-order valence-corrected chi connectivity index (χ1v) is 5.46. The Kier molecular flexibility index (Phi) is 2.91. The molecule has 2 heterocycles. The van der Waals surface area contributed by atoms with E-state index in [1.165, 1.54) is 0 Å². The summed E-state index contributed by atoms with van der Waals surface area (Å²) in [5.74, 6) is -2.23. The minimum Gasteiger partial charge on any atom is -0.481 e. The van der Waals surface area contributed by atoms with Crippen LogP contribution in [0.2, 0.25) is 0 Å². The van der Waals surface area contributed by atoms with Gasteiger partial charge in [0.25, 0.3) is 5.56 Å². The summed E-state index contributed by atoms with van der Waals surface area (Å²) >= 11 is 4.78. The van der Waals surface area contributed by atoms with Crippen molar-refractivity contribution >= 4 is 35.6 Å². The van der Waals surface area contributed by atoms with E-state index in [2.05, 4.69) is 9.97 Å². The van der Waals surface area contributed by atoms with Crippen LogP contribution in [-0.2, 0) is 9.59 Å². The number of nitrogens with two attached hydrogens (primary N) is 1. The van der Waals surface area contributed by atoms with Gasteiger partial charge in [-0.2, -0.15) is 0 Å². The first kappa shape index (κ1) is 12.3. The van der Waals surface area contributed by atoms with E-state index in [0.717, 1.165) is 4.90 Å². The molecule has 1 saturated heterocycles. The predicted octanol–water partition coefficient (Wildman–Crippen LogP) is -0.548. The van der Waals surface area contributed by atoms with E-state index in [-0.39, 0.29) is 29.2 Å². The quantitative estimate of drug-likeness (QED) is 0.533. The molecule has 0 aromatic carbocycles. The van der Waals surface area contributed by atoms with Crippen LogP contribution >= 0.6 is 12.2 Å². The van der Waals surface area contributed by atoms with Crippen molar-refractivity contribution in [3.63, 3.8) is 0 Å². The number of rotatable bonds is 2. The SMILES string of the molecule is Nc1c(N2CC(C(=O)O)CC2=O)[nH]c(=S)[nH]c1=O. The van der Waals surface area contributed by atoms with Gasteiger partial charge in [-0.25, -0.2) is 0 Å². The fourth-order valence-corrected chi connectivity index (χ4v) is 1.98. The molecule has 1 aromatic heterocycles. The Morgan fingerprint density at radius 1 is 1.44 bits per heavy atom. The van der Waals surface area contributed by atoms with Crippen LogP contribution in [0.4, 0.5) is 11.5 Å². The Hall–Kier alpha value is -2.16. The molecule has 1 unspecified atom stereocenters. The number of aromatic amines is 2. The van der Waals surface area contributed by atoms with E-state index < -0.39 is 23.4 Å². The molecule has 9 heteroatoms. The van der Waals surface area contributed by atoms with Gasteiger partial charge in [0.05, 0.1) is 5.92 Å². The van der Waals surface area contributed by atoms with Crippen molar-refractivity contribution in [3.05, 3.63) is 15.1 Å². The molecule has 1 aliphatic heterocycles. The van der Waals surface area contributed by atoms with Gasteiger partial charge in [0.2, 0.25) is 5.91 Å². The smallest absolute Gasteiger partial charge is 0.308 e. The summed E-state index contributed by atoms with van der Waals surface area (Å²) in [5, 5.41) is 8.87. The van der Waals surface area contributed by atoms with Crippen molar-refractivity contribution in [3.8, 4) is 0 Å². The molecular formula is C9H10N4O4S. The lowest BCUT2D eigenvalue weighted by Gasteiger charge is -2.16. The summed E-state index contributed by atoms with van der Waals surface area (Å²) in [4.78, 5) is 40.0. The second-order valence-corrected chi connectivity index (χ2v) is 4.32. The minimum atomic E-state index is -1.06. The lowest BCUT2D eigenvalue weighted by molar-refractivity contribution is -0.141. The highest BCUT2D eigenvalue weighted by Gasteiger charge is 2.36. The van der Waals surface area contributed by atoms with Crippen LogP contribution in [0.1, 0.15) is 6.42 Å². The second-order valence-electron chi connectivity index (χ2n) is 3.91.